The van der Waals surface area contributed by atoms with Crippen molar-refractivity contribution in [2.24, 2.45) is 0 Å². The molecule has 0 amide bonds. The van der Waals surface area contributed by atoms with Gasteiger partial charge in [-0.05, 0) is 26.7 Å². The third-order valence-corrected chi connectivity index (χ3v) is 6.33. The van der Waals surface area contributed by atoms with Crippen molar-refractivity contribution in [3.8, 4) is 0 Å². The monoisotopic (exact) mass is 334 g/mol. The maximum atomic E-state index is 13.0. The molecule has 2 aliphatic rings. The van der Waals surface area contributed by atoms with E-state index >= 15 is 0 Å². The molecule has 8 heteroatoms. The van der Waals surface area contributed by atoms with Crippen molar-refractivity contribution in [3.05, 3.63) is 0 Å². The Morgan fingerprint density at radius 2 is 2.00 bits per heavy atom. The Morgan fingerprint density at radius 1 is 1.36 bits per heavy atom. The number of carboxylic acid groups (broad SMARTS) is 1. The van der Waals surface area contributed by atoms with Crippen LogP contribution >= 0.6 is 0 Å². The van der Waals surface area contributed by atoms with Crippen LogP contribution in [0.3, 0.4) is 0 Å². The molecule has 1 heterocycles. The molecule has 0 aromatic heterocycles. The molecule has 2 fully saturated rings. The molecule has 0 aromatic rings. The van der Waals surface area contributed by atoms with Gasteiger partial charge in [-0.1, -0.05) is 12.8 Å². The number of hydrogen-bond donors (Lipinski definition) is 1. The lowest BCUT2D eigenvalue weighted by molar-refractivity contribution is -0.137. The van der Waals surface area contributed by atoms with E-state index in [1.165, 1.54) is 8.61 Å². The van der Waals surface area contributed by atoms with Crippen LogP contribution in [0, 0.1) is 0 Å². The smallest absolute Gasteiger partial charge is 0.304 e. The molecule has 0 radical (unpaired) electrons. The number of carboxylic acids is 1. The van der Waals surface area contributed by atoms with E-state index in [0.717, 1.165) is 25.7 Å². The fourth-order valence-electron chi connectivity index (χ4n) is 3.20. The fourth-order valence-corrected chi connectivity index (χ4v) is 5.19. The lowest BCUT2D eigenvalue weighted by atomic mass is 10.1. The zero-order valence-corrected chi connectivity index (χ0v) is 14.1. The first-order chi connectivity index (χ1) is 10.2. The Bertz CT molecular complexity index is 499. The molecule has 1 aliphatic heterocycles. The van der Waals surface area contributed by atoms with E-state index in [1.54, 1.807) is 0 Å². The second-order valence-electron chi connectivity index (χ2n) is 6.64. The molecular formula is C14H26N2O5S. The molecule has 1 saturated heterocycles. The van der Waals surface area contributed by atoms with E-state index in [-0.39, 0.29) is 19.0 Å². The fraction of sp³-hybridized carbons (Fsp3) is 0.929. The van der Waals surface area contributed by atoms with Crippen molar-refractivity contribution in [2.45, 2.75) is 57.6 Å². The third-order valence-electron chi connectivity index (χ3n) is 4.29. The number of rotatable bonds is 6. The zero-order valence-electron chi connectivity index (χ0n) is 13.3. The van der Waals surface area contributed by atoms with Crippen LogP contribution in [0.25, 0.3) is 0 Å². The summed E-state index contributed by atoms with van der Waals surface area (Å²) in [4.78, 5) is 10.9. The maximum absolute atomic E-state index is 13.0. The minimum Gasteiger partial charge on any atom is -0.481 e. The molecule has 2 rings (SSSR count). The summed E-state index contributed by atoms with van der Waals surface area (Å²) in [5, 5.41) is 8.91. The topological polar surface area (TPSA) is 87.2 Å². The van der Waals surface area contributed by atoms with Crippen LogP contribution in [0.15, 0.2) is 0 Å². The van der Waals surface area contributed by atoms with Gasteiger partial charge >= 0.3 is 5.97 Å². The predicted molar refractivity (Wildman–Crippen MR) is 81.7 cm³/mol. The second-order valence-corrected chi connectivity index (χ2v) is 8.52. The Morgan fingerprint density at radius 3 is 2.55 bits per heavy atom. The van der Waals surface area contributed by atoms with Crippen LogP contribution in [0.2, 0.25) is 0 Å². The van der Waals surface area contributed by atoms with E-state index in [2.05, 4.69) is 0 Å². The van der Waals surface area contributed by atoms with Gasteiger partial charge in [0.05, 0.1) is 18.6 Å². The average molecular weight is 334 g/mol. The van der Waals surface area contributed by atoms with Crippen LogP contribution in [0.5, 0.6) is 0 Å². The van der Waals surface area contributed by atoms with Gasteiger partial charge in [0.1, 0.15) is 0 Å². The first-order valence-electron chi connectivity index (χ1n) is 7.85. The Hall–Kier alpha value is -0.700. The van der Waals surface area contributed by atoms with E-state index in [1.807, 2.05) is 13.8 Å². The second kappa shape index (κ2) is 6.82. The highest BCUT2D eigenvalue weighted by molar-refractivity contribution is 7.86. The third kappa shape index (κ3) is 4.18. The zero-order chi connectivity index (χ0) is 16.4. The SMILES string of the molecule is CC1(C)CN(S(=O)(=O)N(CCC(=O)O)C2CCCC2)CCO1. The number of nitrogens with zero attached hydrogens (tertiary/aromatic N) is 2. The minimum absolute atomic E-state index is 0.0418. The molecule has 1 N–H and O–H groups in total. The molecule has 0 atom stereocenters. The van der Waals surface area contributed by atoms with Crippen LogP contribution in [-0.4, -0.2) is 66.0 Å². The Labute approximate surface area is 132 Å². The molecule has 1 saturated carbocycles. The normalized spacial score (nSPS) is 24.0. The average Bonchev–Trinajstić information content (AvgIpc) is 2.91. The quantitative estimate of drug-likeness (QED) is 0.785. The molecule has 22 heavy (non-hydrogen) atoms. The number of morpholine rings is 1. The van der Waals surface area contributed by atoms with E-state index < -0.39 is 21.8 Å². The van der Waals surface area contributed by atoms with Gasteiger partial charge in [-0.25, -0.2) is 0 Å². The van der Waals surface area contributed by atoms with E-state index in [9.17, 15) is 13.2 Å². The molecule has 1 aliphatic carbocycles. The van der Waals surface area contributed by atoms with Gasteiger partial charge in [0.2, 0.25) is 0 Å². The summed E-state index contributed by atoms with van der Waals surface area (Å²) >= 11 is 0. The molecular weight excluding hydrogens is 308 g/mol. The minimum atomic E-state index is -3.65. The van der Waals surface area contributed by atoms with Crippen molar-refractivity contribution < 1.29 is 23.1 Å². The Balaban J connectivity index is 2.17. The summed E-state index contributed by atoms with van der Waals surface area (Å²) in [5.41, 5.74) is -0.514. The lowest BCUT2D eigenvalue weighted by Crippen LogP contribution is -2.56. The molecule has 7 nitrogen and oxygen atoms in total. The van der Waals surface area contributed by atoms with Gasteiger partial charge in [-0.2, -0.15) is 17.0 Å². The van der Waals surface area contributed by atoms with E-state index in [0.29, 0.717) is 19.7 Å². The summed E-state index contributed by atoms with van der Waals surface area (Å²) in [6.45, 7) is 4.76. The lowest BCUT2D eigenvalue weighted by Gasteiger charge is -2.40. The molecule has 0 spiro atoms. The number of aliphatic carboxylic acids is 1. The van der Waals surface area contributed by atoms with Crippen molar-refractivity contribution >= 4 is 16.2 Å². The van der Waals surface area contributed by atoms with Crippen LogP contribution in [0.4, 0.5) is 0 Å². The van der Waals surface area contributed by atoms with Crippen LogP contribution < -0.4 is 0 Å². The first kappa shape index (κ1) is 17.7. The molecule has 0 unspecified atom stereocenters. The Kier molecular flexibility index (Phi) is 5.47. The standard InChI is InChI=1S/C14H26N2O5S/c1-14(2)11-15(9-10-21-14)22(19,20)16(8-7-13(17)18)12-5-3-4-6-12/h12H,3-11H2,1-2H3,(H,17,18). The number of hydrogen-bond acceptors (Lipinski definition) is 4. The van der Waals surface area contributed by atoms with Crippen molar-refractivity contribution in [1.29, 1.82) is 0 Å². The van der Waals surface area contributed by atoms with Crippen molar-refractivity contribution in [3.63, 3.8) is 0 Å². The van der Waals surface area contributed by atoms with Crippen molar-refractivity contribution in [1.82, 2.24) is 8.61 Å². The number of carbonyl (C=O) groups is 1. The highest BCUT2D eigenvalue weighted by atomic mass is 32.2. The predicted octanol–water partition coefficient (Wildman–Crippen LogP) is 1.06. The van der Waals surface area contributed by atoms with E-state index in [4.69, 9.17) is 9.84 Å². The maximum Gasteiger partial charge on any atom is 0.304 e. The van der Waals surface area contributed by atoms with Gasteiger partial charge in [-0.15, -0.1) is 0 Å². The van der Waals surface area contributed by atoms with Gasteiger partial charge in [-0.3, -0.25) is 4.79 Å². The summed E-state index contributed by atoms with van der Waals surface area (Å²) < 4.78 is 34.4. The van der Waals surface area contributed by atoms with Gasteiger partial charge in [0, 0.05) is 25.7 Å². The molecule has 128 valence electrons. The summed E-state index contributed by atoms with van der Waals surface area (Å²) in [7, 11) is -3.65. The molecule has 0 aromatic carbocycles. The summed E-state index contributed by atoms with van der Waals surface area (Å²) in [5.74, 6) is -0.972. The largest absolute Gasteiger partial charge is 0.481 e. The highest BCUT2D eigenvalue weighted by Crippen LogP contribution is 2.29. The summed E-state index contributed by atoms with van der Waals surface area (Å²) in [6.07, 6.45) is 3.46. The summed E-state index contributed by atoms with van der Waals surface area (Å²) in [6, 6.07) is -0.0738. The van der Waals surface area contributed by atoms with Gasteiger partial charge in [0.15, 0.2) is 0 Å². The number of ether oxygens (including phenoxy) is 1. The van der Waals surface area contributed by atoms with Crippen LogP contribution in [-0.2, 0) is 19.7 Å². The first-order valence-corrected chi connectivity index (χ1v) is 9.25. The van der Waals surface area contributed by atoms with Crippen LogP contribution in [0.1, 0.15) is 46.0 Å². The van der Waals surface area contributed by atoms with Gasteiger partial charge in [0.25, 0.3) is 10.2 Å². The van der Waals surface area contributed by atoms with Gasteiger partial charge < -0.3 is 9.84 Å². The highest BCUT2D eigenvalue weighted by Gasteiger charge is 2.40. The molecule has 0 bridgehead atoms. The van der Waals surface area contributed by atoms with Crippen molar-refractivity contribution in [2.75, 3.05) is 26.2 Å².